The quantitative estimate of drug-likeness (QED) is 0.0514. The van der Waals surface area contributed by atoms with Gasteiger partial charge >= 0.3 is 0 Å². The van der Waals surface area contributed by atoms with Crippen molar-refractivity contribution in [1.29, 1.82) is 0 Å². The van der Waals surface area contributed by atoms with Crippen LogP contribution in [-0.4, -0.2) is 48.6 Å². The molecule has 0 aromatic heterocycles. The Hall–Kier alpha value is -3.66. The van der Waals surface area contributed by atoms with Crippen LogP contribution in [0.15, 0.2) is 152 Å². The van der Waals surface area contributed by atoms with Gasteiger partial charge in [-0.2, -0.15) is 0 Å². The minimum absolute atomic E-state index is 0.373. The normalized spacial score (nSPS) is 21.2. The number of hydrogen-bond acceptors (Lipinski definition) is 6. The summed E-state index contributed by atoms with van der Waals surface area (Å²) in [4.78, 5) is 0. The van der Waals surface area contributed by atoms with E-state index >= 15 is 0 Å². The fourth-order valence-corrected chi connectivity index (χ4v) is 7.26. The van der Waals surface area contributed by atoms with Gasteiger partial charge in [0.05, 0.1) is 33.0 Å². The van der Waals surface area contributed by atoms with Crippen LogP contribution in [-0.2, 0) is 61.5 Å². The lowest BCUT2D eigenvalue weighted by Gasteiger charge is -2.50. The first-order valence-electron chi connectivity index (χ1n) is 19.2. The fraction of sp³-hybridized carbons (Fsp3) is 0.362. The first-order valence-corrected chi connectivity index (χ1v) is 20.4. The van der Waals surface area contributed by atoms with Crippen LogP contribution in [0.5, 0.6) is 0 Å². The van der Waals surface area contributed by atoms with Crippen molar-refractivity contribution in [1.82, 2.24) is 0 Å². The Bertz CT molecular complexity index is 1600. The minimum Gasteiger partial charge on any atom is -0.373 e. The van der Waals surface area contributed by atoms with Gasteiger partial charge in [-0.3, -0.25) is 0 Å². The van der Waals surface area contributed by atoms with Gasteiger partial charge in [-0.1, -0.05) is 180 Å². The van der Waals surface area contributed by atoms with E-state index in [9.17, 15) is 0 Å². The molecule has 5 aromatic carbocycles. The first-order chi connectivity index (χ1) is 26.8. The highest BCUT2D eigenvalue weighted by molar-refractivity contribution is 9.09. The maximum Gasteiger partial charge on any atom is 0.116 e. The van der Waals surface area contributed by atoms with Gasteiger partial charge in [0.15, 0.2) is 0 Å². The highest BCUT2D eigenvalue weighted by Gasteiger charge is 2.55. The second-order valence-electron chi connectivity index (χ2n) is 13.7. The molecule has 0 spiro atoms. The predicted octanol–water partition coefficient (Wildman–Crippen LogP) is 10.3. The lowest BCUT2D eigenvalue weighted by molar-refractivity contribution is -0.290. The van der Waals surface area contributed by atoms with Gasteiger partial charge in [0.25, 0.3) is 0 Å². The molecule has 0 aliphatic heterocycles. The predicted molar refractivity (Wildman–Crippen MR) is 217 cm³/mol. The molecule has 6 nitrogen and oxygen atoms in total. The third-order valence-electron chi connectivity index (χ3n) is 9.71. The summed E-state index contributed by atoms with van der Waals surface area (Å²) in [5.74, 6) is 0. The van der Waals surface area contributed by atoms with Crippen LogP contribution < -0.4 is 0 Å². The zero-order valence-corrected chi connectivity index (χ0v) is 32.6. The van der Waals surface area contributed by atoms with E-state index in [1.165, 1.54) is 0 Å². The topological polar surface area (TPSA) is 55.4 Å². The lowest BCUT2D eigenvalue weighted by atomic mass is 9.83. The number of hydrogen-bond donors (Lipinski definition) is 0. The highest BCUT2D eigenvalue weighted by Crippen LogP contribution is 2.36. The number of ether oxygens (including phenoxy) is 6. The maximum absolute atomic E-state index is 6.98. The van der Waals surface area contributed by atoms with Crippen molar-refractivity contribution in [2.75, 3.05) is 11.9 Å². The summed E-state index contributed by atoms with van der Waals surface area (Å²) >= 11 is 3.58. The summed E-state index contributed by atoms with van der Waals surface area (Å²) in [6.45, 7) is 2.46. The Morgan fingerprint density at radius 2 is 0.537 bits per heavy atom. The summed E-state index contributed by atoms with van der Waals surface area (Å²) < 4.78 is 41.9. The molecule has 2 unspecified atom stereocenters. The maximum atomic E-state index is 6.98. The largest absolute Gasteiger partial charge is 0.373 e. The second kappa shape index (κ2) is 22.7. The molecule has 1 aliphatic carbocycles. The summed E-state index contributed by atoms with van der Waals surface area (Å²) in [5, 5.41) is 1.01. The molecule has 5 aromatic rings. The van der Waals surface area contributed by atoms with E-state index < -0.39 is 36.6 Å². The van der Waals surface area contributed by atoms with E-state index in [-0.39, 0.29) is 0 Å². The summed E-state index contributed by atoms with van der Waals surface area (Å²) in [5.41, 5.74) is 5.33. The highest BCUT2D eigenvalue weighted by atomic mass is 79.9. The molecule has 0 amide bonds. The Kier molecular flexibility index (Phi) is 16.8. The molecule has 0 bridgehead atoms. The van der Waals surface area contributed by atoms with E-state index in [1.54, 1.807) is 0 Å². The van der Waals surface area contributed by atoms with Gasteiger partial charge in [0, 0.05) is 11.9 Å². The van der Waals surface area contributed by atoms with Crippen LogP contribution in [0.1, 0.15) is 53.5 Å². The van der Waals surface area contributed by atoms with Gasteiger partial charge in [0.1, 0.15) is 36.6 Å². The molecule has 1 fully saturated rings. The summed E-state index contributed by atoms with van der Waals surface area (Å²) in [7, 11) is 0. The van der Waals surface area contributed by atoms with Crippen molar-refractivity contribution < 1.29 is 28.4 Å². The molecule has 1 aliphatic rings. The zero-order valence-electron chi connectivity index (χ0n) is 31.0. The van der Waals surface area contributed by atoms with Gasteiger partial charge in [-0.05, 0) is 40.7 Å². The standard InChI is InChI=1S/C47H53BrO6/c48-30-18-1-2-19-31-49-42-43(50-32-37-20-8-3-9-21-37)45(52-34-39-24-12-5-13-25-39)47(54-36-41-28-16-7-17-29-41)46(53-35-40-26-14-6-15-27-40)44(42)51-33-38-22-10-4-11-23-38/h3-17,20-29,42-47H,1-2,18-19,30-36H2/t42?,43-,44-,45-,46+,47?/m1/s1. The Morgan fingerprint density at radius 1 is 0.296 bits per heavy atom. The number of halogens is 1. The van der Waals surface area contributed by atoms with E-state index in [2.05, 4.69) is 76.6 Å². The van der Waals surface area contributed by atoms with E-state index in [1.807, 2.05) is 91.0 Å². The van der Waals surface area contributed by atoms with Gasteiger partial charge in [0.2, 0.25) is 0 Å². The zero-order chi connectivity index (χ0) is 37.0. The van der Waals surface area contributed by atoms with Crippen LogP contribution in [0.4, 0.5) is 0 Å². The van der Waals surface area contributed by atoms with Gasteiger partial charge in [-0.25, -0.2) is 0 Å². The summed E-state index contributed by atoms with van der Waals surface area (Å²) in [6, 6.07) is 51.3. The monoisotopic (exact) mass is 792 g/mol. The molecule has 6 atom stereocenters. The third kappa shape index (κ3) is 12.4. The van der Waals surface area contributed by atoms with Gasteiger partial charge < -0.3 is 28.4 Å². The van der Waals surface area contributed by atoms with Crippen molar-refractivity contribution >= 4 is 15.9 Å². The van der Waals surface area contributed by atoms with E-state index in [0.29, 0.717) is 39.6 Å². The van der Waals surface area contributed by atoms with Crippen LogP contribution in [0, 0.1) is 0 Å². The molecule has 0 saturated heterocycles. The second-order valence-corrected chi connectivity index (χ2v) is 14.5. The lowest BCUT2D eigenvalue weighted by Crippen LogP contribution is -2.67. The molecule has 0 heterocycles. The van der Waals surface area contributed by atoms with Crippen molar-refractivity contribution in [3.63, 3.8) is 0 Å². The Labute approximate surface area is 329 Å². The van der Waals surface area contributed by atoms with Crippen LogP contribution in [0.2, 0.25) is 0 Å². The van der Waals surface area contributed by atoms with E-state index in [4.69, 9.17) is 28.4 Å². The van der Waals surface area contributed by atoms with Crippen LogP contribution in [0.25, 0.3) is 0 Å². The first kappa shape index (κ1) is 40.0. The molecule has 0 radical (unpaired) electrons. The minimum atomic E-state index is -0.557. The summed E-state index contributed by atoms with van der Waals surface area (Å²) in [6.07, 6.45) is 1.06. The van der Waals surface area contributed by atoms with Crippen molar-refractivity contribution in [3.8, 4) is 0 Å². The van der Waals surface area contributed by atoms with Crippen LogP contribution in [0.3, 0.4) is 0 Å². The SMILES string of the molecule is BrCCCCCCOC1[C@@H](OCc2ccccc2)[C@H](OCc2ccccc2)C(OCc2ccccc2)[C@H](OCc2ccccc2)[C@@H]1OCc1ccccc1. The average molecular weight is 794 g/mol. The molecule has 0 N–H and O–H groups in total. The van der Waals surface area contributed by atoms with Gasteiger partial charge in [-0.15, -0.1) is 0 Å². The molecule has 7 heteroatoms. The molecule has 54 heavy (non-hydrogen) atoms. The smallest absolute Gasteiger partial charge is 0.116 e. The van der Waals surface area contributed by atoms with E-state index in [0.717, 1.165) is 58.8 Å². The number of rotatable bonds is 22. The van der Waals surface area contributed by atoms with Crippen LogP contribution >= 0.6 is 15.9 Å². The fourth-order valence-electron chi connectivity index (χ4n) is 6.86. The van der Waals surface area contributed by atoms with Crippen molar-refractivity contribution in [2.24, 2.45) is 0 Å². The van der Waals surface area contributed by atoms with Crippen molar-refractivity contribution in [3.05, 3.63) is 179 Å². The molecule has 284 valence electrons. The Morgan fingerprint density at radius 3 is 0.796 bits per heavy atom. The molecular formula is C47H53BrO6. The molecule has 6 rings (SSSR count). The van der Waals surface area contributed by atoms with Crippen molar-refractivity contribution in [2.45, 2.75) is 95.3 Å². The average Bonchev–Trinajstić information content (AvgIpc) is 3.23. The number of alkyl halides is 1. The molecular weight excluding hydrogens is 740 g/mol. The Balaban J connectivity index is 1.39. The molecule has 1 saturated carbocycles. The third-order valence-corrected chi connectivity index (χ3v) is 10.3. The number of benzene rings is 5. The number of unbranched alkanes of at least 4 members (excludes halogenated alkanes) is 3.